The molecule has 1 aromatic carbocycles. The number of aliphatic hydroxyl groups excluding tert-OH is 1. The van der Waals surface area contributed by atoms with Gasteiger partial charge >= 0.3 is 0 Å². The van der Waals surface area contributed by atoms with Crippen LogP contribution < -0.4 is 15.0 Å². The number of aromatic nitrogens is 4. The van der Waals surface area contributed by atoms with E-state index >= 15 is 0 Å². The standard InChI is InChI=1S/C23H26N6O3/c1-32-23-9-15(12-24-28-23)14-2-3-19(21(31)8-14)20-4-5-22(27-26-20)29-7-6-16(13-29)25-17-10-18(30)11-17/h2-5,8-9,12,16-18,25,30-31H,6-7,10-11,13H2,1H3. The molecule has 1 aliphatic heterocycles. The van der Waals surface area contributed by atoms with E-state index in [2.05, 4.69) is 30.6 Å². The minimum absolute atomic E-state index is 0.119. The van der Waals surface area contributed by atoms with Crippen LogP contribution in [0.4, 0.5) is 5.82 Å². The summed E-state index contributed by atoms with van der Waals surface area (Å²) in [6.07, 6.45) is 4.22. The highest BCUT2D eigenvalue weighted by molar-refractivity contribution is 5.74. The van der Waals surface area contributed by atoms with Gasteiger partial charge in [0.05, 0.1) is 25.1 Å². The number of aromatic hydroxyl groups is 1. The van der Waals surface area contributed by atoms with Gasteiger partial charge in [0, 0.05) is 42.4 Å². The molecule has 2 fully saturated rings. The monoisotopic (exact) mass is 434 g/mol. The van der Waals surface area contributed by atoms with Gasteiger partial charge in [0.1, 0.15) is 5.75 Å². The fourth-order valence-corrected chi connectivity index (χ4v) is 4.33. The van der Waals surface area contributed by atoms with E-state index in [-0.39, 0.29) is 11.9 Å². The molecule has 5 rings (SSSR count). The Bertz CT molecular complexity index is 1090. The molecule has 0 amide bonds. The first-order chi connectivity index (χ1) is 15.6. The van der Waals surface area contributed by atoms with Gasteiger partial charge in [0.15, 0.2) is 5.82 Å². The number of phenolic OH excluding ortho intramolecular Hbond substituents is 1. The Morgan fingerprint density at radius 2 is 1.91 bits per heavy atom. The average molecular weight is 435 g/mol. The summed E-state index contributed by atoms with van der Waals surface area (Å²) in [5.41, 5.74) is 2.83. The van der Waals surface area contributed by atoms with Crippen LogP contribution >= 0.6 is 0 Å². The normalized spacial score (nSPS) is 22.6. The molecular weight excluding hydrogens is 408 g/mol. The average Bonchev–Trinajstić information content (AvgIpc) is 3.27. The summed E-state index contributed by atoms with van der Waals surface area (Å²) in [6.45, 7) is 1.80. The first-order valence-corrected chi connectivity index (χ1v) is 10.8. The van der Waals surface area contributed by atoms with Crippen molar-refractivity contribution in [3.63, 3.8) is 0 Å². The van der Waals surface area contributed by atoms with Crippen LogP contribution in [-0.2, 0) is 0 Å². The van der Waals surface area contributed by atoms with Gasteiger partial charge in [-0.3, -0.25) is 0 Å². The molecule has 166 valence electrons. The third-order valence-corrected chi connectivity index (χ3v) is 6.20. The molecule has 32 heavy (non-hydrogen) atoms. The van der Waals surface area contributed by atoms with Gasteiger partial charge in [0.25, 0.3) is 0 Å². The minimum Gasteiger partial charge on any atom is -0.507 e. The van der Waals surface area contributed by atoms with E-state index in [1.807, 2.05) is 24.3 Å². The largest absolute Gasteiger partial charge is 0.507 e. The van der Waals surface area contributed by atoms with E-state index in [0.29, 0.717) is 29.2 Å². The number of nitrogens with one attached hydrogen (secondary N) is 1. The summed E-state index contributed by atoms with van der Waals surface area (Å²) in [6, 6.07) is 11.8. The molecule has 9 nitrogen and oxygen atoms in total. The fraction of sp³-hybridized carbons (Fsp3) is 0.391. The maximum atomic E-state index is 10.6. The smallest absolute Gasteiger partial charge is 0.233 e. The molecule has 3 N–H and O–H groups in total. The van der Waals surface area contributed by atoms with E-state index in [9.17, 15) is 10.2 Å². The maximum absolute atomic E-state index is 10.6. The van der Waals surface area contributed by atoms with Crippen LogP contribution in [0.5, 0.6) is 11.6 Å². The summed E-state index contributed by atoms with van der Waals surface area (Å²) < 4.78 is 5.12. The zero-order chi connectivity index (χ0) is 22.1. The van der Waals surface area contributed by atoms with Crippen molar-refractivity contribution in [2.75, 3.05) is 25.1 Å². The van der Waals surface area contributed by atoms with E-state index in [0.717, 1.165) is 49.3 Å². The van der Waals surface area contributed by atoms with Crippen molar-refractivity contribution in [3.8, 4) is 34.0 Å². The molecule has 0 bridgehead atoms. The lowest BCUT2D eigenvalue weighted by Crippen LogP contribution is -2.49. The fourth-order valence-electron chi connectivity index (χ4n) is 4.33. The number of methoxy groups -OCH3 is 1. The number of aliphatic hydroxyl groups is 1. The number of ether oxygens (including phenoxy) is 1. The highest BCUT2D eigenvalue weighted by atomic mass is 16.5. The van der Waals surface area contributed by atoms with Crippen molar-refractivity contribution in [3.05, 3.63) is 42.6 Å². The first kappa shape index (κ1) is 20.6. The van der Waals surface area contributed by atoms with Crippen LogP contribution in [0.2, 0.25) is 0 Å². The van der Waals surface area contributed by atoms with Gasteiger partial charge in [-0.05, 0) is 49.1 Å². The predicted molar refractivity (Wildman–Crippen MR) is 119 cm³/mol. The van der Waals surface area contributed by atoms with E-state index < -0.39 is 0 Å². The van der Waals surface area contributed by atoms with Crippen LogP contribution in [0.1, 0.15) is 19.3 Å². The second kappa shape index (κ2) is 8.68. The zero-order valence-corrected chi connectivity index (χ0v) is 17.8. The highest BCUT2D eigenvalue weighted by Gasteiger charge is 2.32. The lowest BCUT2D eigenvalue weighted by Gasteiger charge is -2.34. The minimum atomic E-state index is -0.141. The second-order valence-corrected chi connectivity index (χ2v) is 8.42. The molecule has 1 aliphatic carbocycles. The Labute approximate surface area is 186 Å². The summed E-state index contributed by atoms with van der Waals surface area (Å²) >= 11 is 0. The lowest BCUT2D eigenvalue weighted by atomic mass is 9.89. The van der Waals surface area contributed by atoms with Crippen LogP contribution in [0.15, 0.2) is 42.6 Å². The third-order valence-electron chi connectivity index (χ3n) is 6.20. The van der Waals surface area contributed by atoms with Crippen molar-refractivity contribution in [1.29, 1.82) is 0 Å². The van der Waals surface area contributed by atoms with Crippen LogP contribution in [0.25, 0.3) is 22.4 Å². The Hall–Kier alpha value is -3.30. The highest BCUT2D eigenvalue weighted by Crippen LogP contribution is 2.33. The number of hydrogen-bond donors (Lipinski definition) is 3. The Morgan fingerprint density at radius 3 is 2.62 bits per heavy atom. The first-order valence-electron chi connectivity index (χ1n) is 10.8. The molecule has 2 aromatic heterocycles. The molecule has 1 saturated carbocycles. The van der Waals surface area contributed by atoms with Crippen molar-refractivity contribution < 1.29 is 14.9 Å². The lowest BCUT2D eigenvalue weighted by molar-refractivity contribution is 0.0588. The van der Waals surface area contributed by atoms with E-state index in [1.165, 1.54) is 7.11 Å². The topological polar surface area (TPSA) is 117 Å². The quantitative estimate of drug-likeness (QED) is 0.536. The molecule has 0 radical (unpaired) electrons. The van der Waals surface area contributed by atoms with Crippen molar-refractivity contribution in [2.45, 2.75) is 37.5 Å². The molecule has 1 saturated heterocycles. The Balaban J connectivity index is 1.27. The summed E-state index contributed by atoms with van der Waals surface area (Å²) in [7, 11) is 1.54. The second-order valence-electron chi connectivity index (χ2n) is 8.42. The third kappa shape index (κ3) is 4.21. The summed E-state index contributed by atoms with van der Waals surface area (Å²) in [5, 5.41) is 40.2. The molecule has 3 aromatic rings. The van der Waals surface area contributed by atoms with E-state index in [4.69, 9.17) is 4.74 Å². The SMILES string of the molecule is COc1cc(-c2ccc(-c3ccc(N4CCC(NC5CC(O)C5)C4)nn3)c(O)c2)cnn1. The van der Waals surface area contributed by atoms with Crippen molar-refractivity contribution in [2.24, 2.45) is 0 Å². The number of anilines is 1. The predicted octanol–water partition coefficient (Wildman–Crippen LogP) is 2.01. The molecule has 2 aliphatic rings. The molecular formula is C23H26N6O3. The maximum Gasteiger partial charge on any atom is 0.233 e. The number of hydrogen-bond acceptors (Lipinski definition) is 9. The van der Waals surface area contributed by atoms with Crippen molar-refractivity contribution in [1.82, 2.24) is 25.7 Å². The molecule has 0 spiro atoms. The number of phenols is 1. The molecule has 1 unspecified atom stereocenters. The number of benzene rings is 1. The summed E-state index contributed by atoms with van der Waals surface area (Å²) in [5.74, 6) is 1.36. The van der Waals surface area contributed by atoms with Gasteiger partial charge in [-0.2, -0.15) is 5.10 Å². The Morgan fingerprint density at radius 1 is 1.03 bits per heavy atom. The van der Waals surface area contributed by atoms with Crippen LogP contribution in [0, 0.1) is 0 Å². The van der Waals surface area contributed by atoms with Gasteiger partial charge < -0.3 is 25.2 Å². The van der Waals surface area contributed by atoms with Gasteiger partial charge in [-0.15, -0.1) is 15.3 Å². The van der Waals surface area contributed by atoms with Crippen LogP contribution in [0.3, 0.4) is 0 Å². The molecule has 9 heteroatoms. The van der Waals surface area contributed by atoms with Crippen LogP contribution in [-0.4, -0.2) is 69.0 Å². The number of rotatable bonds is 6. The van der Waals surface area contributed by atoms with Gasteiger partial charge in [-0.25, -0.2) is 0 Å². The molecule has 1 atom stereocenters. The van der Waals surface area contributed by atoms with Gasteiger partial charge in [-0.1, -0.05) is 6.07 Å². The Kier molecular flexibility index (Phi) is 5.59. The molecule has 3 heterocycles. The van der Waals surface area contributed by atoms with Gasteiger partial charge in [0.2, 0.25) is 5.88 Å². The van der Waals surface area contributed by atoms with E-state index in [1.54, 1.807) is 18.3 Å². The summed E-state index contributed by atoms with van der Waals surface area (Å²) in [4.78, 5) is 2.22. The number of nitrogens with zero attached hydrogens (tertiary/aromatic N) is 5. The van der Waals surface area contributed by atoms with Crippen molar-refractivity contribution >= 4 is 5.82 Å². The zero-order valence-electron chi connectivity index (χ0n) is 17.8.